The third-order valence-electron chi connectivity index (χ3n) is 3.16. The Hall–Kier alpha value is -1.30. The zero-order chi connectivity index (χ0) is 15.3. The van der Waals surface area contributed by atoms with E-state index in [0.717, 1.165) is 25.3 Å². The number of nitrogens with zero attached hydrogens (tertiary/aromatic N) is 1. The first-order valence-corrected chi connectivity index (χ1v) is 7.96. The van der Waals surface area contributed by atoms with Gasteiger partial charge in [-0.2, -0.15) is 13.2 Å². The predicted octanol–water partition coefficient (Wildman–Crippen LogP) is 5.26. The van der Waals surface area contributed by atoms with Gasteiger partial charge < -0.3 is 9.64 Å². The molecule has 21 heavy (non-hydrogen) atoms. The molecule has 1 aromatic rings. The molecule has 0 unspecified atom stereocenters. The highest BCUT2D eigenvalue weighted by atomic mass is 32.2. The summed E-state index contributed by atoms with van der Waals surface area (Å²) in [5, 5.41) is 1.86. The molecule has 1 aliphatic heterocycles. The summed E-state index contributed by atoms with van der Waals surface area (Å²) in [5.74, 6) is 0.548. The average Bonchev–Trinajstić information content (AvgIpc) is 2.97. The van der Waals surface area contributed by atoms with E-state index in [9.17, 15) is 13.2 Å². The summed E-state index contributed by atoms with van der Waals surface area (Å²) < 4.78 is 44.8. The molecule has 0 atom stereocenters. The van der Waals surface area contributed by atoms with Crippen molar-refractivity contribution in [3.63, 3.8) is 0 Å². The number of anilines is 1. The monoisotopic (exact) mass is 317 g/mol. The lowest BCUT2D eigenvalue weighted by Gasteiger charge is -2.19. The highest BCUT2D eigenvalue weighted by Crippen LogP contribution is 2.39. The lowest BCUT2D eigenvalue weighted by Crippen LogP contribution is -2.14. The van der Waals surface area contributed by atoms with Crippen molar-refractivity contribution in [3.8, 4) is 5.75 Å². The molecule has 116 valence electrons. The summed E-state index contributed by atoms with van der Waals surface area (Å²) in [5.41, 5.74) is -0.175. The number of benzene rings is 1. The fourth-order valence-electron chi connectivity index (χ4n) is 2.02. The van der Waals surface area contributed by atoms with Crippen molar-refractivity contribution in [1.29, 1.82) is 0 Å². The Labute approximate surface area is 127 Å². The summed E-state index contributed by atoms with van der Waals surface area (Å²) in [4.78, 5) is 1.78. The highest BCUT2D eigenvalue weighted by Gasteiger charge is 2.35. The van der Waals surface area contributed by atoms with E-state index in [4.69, 9.17) is 4.74 Å². The van der Waals surface area contributed by atoms with Crippen molar-refractivity contribution in [2.24, 2.45) is 0 Å². The van der Waals surface area contributed by atoms with Crippen LogP contribution in [0.15, 0.2) is 29.8 Å². The molecule has 6 heteroatoms. The molecule has 2 rings (SSSR count). The SMILES string of the molecule is CCCCCOc1ccc(N2C=CSC2)cc1C(F)(F)F. The summed E-state index contributed by atoms with van der Waals surface area (Å²) >= 11 is 1.55. The average molecular weight is 317 g/mol. The first kappa shape index (κ1) is 16.1. The van der Waals surface area contributed by atoms with Crippen LogP contribution in [0.3, 0.4) is 0 Å². The van der Waals surface area contributed by atoms with Gasteiger partial charge in [-0.3, -0.25) is 0 Å². The molecular formula is C15H18F3NOS. The van der Waals surface area contributed by atoms with Gasteiger partial charge in [0.1, 0.15) is 5.75 Å². The second kappa shape index (κ2) is 7.11. The molecule has 0 saturated heterocycles. The fraction of sp³-hybridized carbons (Fsp3) is 0.467. The van der Waals surface area contributed by atoms with Gasteiger partial charge in [0.2, 0.25) is 0 Å². The predicted molar refractivity (Wildman–Crippen MR) is 80.5 cm³/mol. The minimum atomic E-state index is -4.41. The number of halogens is 3. The zero-order valence-electron chi connectivity index (χ0n) is 11.8. The third kappa shape index (κ3) is 4.33. The largest absolute Gasteiger partial charge is 0.493 e. The normalized spacial score (nSPS) is 14.8. The van der Waals surface area contributed by atoms with Gasteiger partial charge in [0, 0.05) is 11.9 Å². The molecule has 2 nitrogen and oxygen atoms in total. The first-order valence-electron chi connectivity index (χ1n) is 6.91. The molecule has 0 aliphatic carbocycles. The lowest BCUT2D eigenvalue weighted by atomic mass is 10.1. The maximum absolute atomic E-state index is 13.2. The van der Waals surface area contributed by atoms with Gasteiger partial charge in [0.05, 0.1) is 18.0 Å². The molecule has 0 aromatic heterocycles. The van der Waals surface area contributed by atoms with E-state index in [1.54, 1.807) is 28.9 Å². The maximum atomic E-state index is 13.2. The number of unbranched alkanes of at least 4 members (excludes halogenated alkanes) is 2. The van der Waals surface area contributed by atoms with Crippen LogP contribution >= 0.6 is 11.8 Å². The van der Waals surface area contributed by atoms with Crippen molar-refractivity contribution in [2.75, 3.05) is 17.4 Å². The van der Waals surface area contributed by atoms with Gasteiger partial charge in [0.15, 0.2) is 0 Å². The minimum Gasteiger partial charge on any atom is -0.493 e. The molecule has 0 saturated carbocycles. The maximum Gasteiger partial charge on any atom is 0.420 e. The number of hydrogen-bond acceptors (Lipinski definition) is 3. The Kier molecular flexibility index (Phi) is 5.45. The van der Waals surface area contributed by atoms with Crippen LogP contribution in [0.4, 0.5) is 18.9 Å². The summed E-state index contributed by atoms with van der Waals surface area (Å²) in [6, 6.07) is 4.24. The molecule has 0 bridgehead atoms. The molecule has 0 spiro atoms. The molecule has 0 amide bonds. The van der Waals surface area contributed by atoms with Crippen LogP contribution in [-0.2, 0) is 6.18 Å². The van der Waals surface area contributed by atoms with Crippen LogP contribution < -0.4 is 9.64 Å². The van der Waals surface area contributed by atoms with E-state index in [-0.39, 0.29) is 5.75 Å². The van der Waals surface area contributed by atoms with Crippen molar-refractivity contribution in [2.45, 2.75) is 32.4 Å². The Balaban J connectivity index is 2.17. The van der Waals surface area contributed by atoms with Crippen LogP contribution in [0.2, 0.25) is 0 Å². The summed E-state index contributed by atoms with van der Waals surface area (Å²) in [6.07, 6.45) is 0.0955. The van der Waals surface area contributed by atoms with E-state index >= 15 is 0 Å². The van der Waals surface area contributed by atoms with E-state index in [1.165, 1.54) is 6.07 Å². The first-order chi connectivity index (χ1) is 10.0. The van der Waals surface area contributed by atoms with Crippen LogP contribution in [-0.4, -0.2) is 12.5 Å². The molecule has 1 aliphatic rings. The van der Waals surface area contributed by atoms with Gasteiger partial charge >= 0.3 is 6.18 Å². The van der Waals surface area contributed by atoms with Crippen LogP contribution in [0.5, 0.6) is 5.75 Å². The number of ether oxygens (including phenoxy) is 1. The molecule has 0 N–H and O–H groups in total. The molecule has 1 heterocycles. The molecule has 0 radical (unpaired) electrons. The van der Waals surface area contributed by atoms with Gasteiger partial charge in [-0.15, -0.1) is 11.8 Å². The molecular weight excluding hydrogens is 299 g/mol. The fourth-order valence-corrected chi connectivity index (χ4v) is 2.74. The molecule has 0 fully saturated rings. The van der Waals surface area contributed by atoms with Gasteiger partial charge in [0.25, 0.3) is 0 Å². The Morgan fingerprint density at radius 3 is 2.71 bits per heavy atom. The Morgan fingerprint density at radius 1 is 1.29 bits per heavy atom. The smallest absolute Gasteiger partial charge is 0.420 e. The summed E-state index contributed by atoms with van der Waals surface area (Å²) in [7, 11) is 0. The van der Waals surface area contributed by atoms with Crippen molar-refractivity contribution >= 4 is 17.4 Å². The molecule has 1 aromatic carbocycles. The van der Waals surface area contributed by atoms with E-state index in [0.29, 0.717) is 18.2 Å². The topological polar surface area (TPSA) is 12.5 Å². The number of rotatable bonds is 6. The third-order valence-corrected chi connectivity index (χ3v) is 3.90. The standard InChI is InChI=1S/C15H18F3NOS/c1-2-3-4-8-20-14-6-5-12(19-7-9-21-11-19)10-13(14)15(16,17)18/h5-7,9-10H,2-4,8,11H2,1H3. The quantitative estimate of drug-likeness (QED) is 0.664. The number of thioether (sulfide) groups is 1. The van der Waals surface area contributed by atoms with Crippen molar-refractivity contribution < 1.29 is 17.9 Å². The second-order valence-electron chi connectivity index (χ2n) is 4.78. The van der Waals surface area contributed by atoms with Crippen molar-refractivity contribution in [3.05, 3.63) is 35.4 Å². The van der Waals surface area contributed by atoms with Crippen LogP contribution in [0.25, 0.3) is 0 Å². The van der Waals surface area contributed by atoms with E-state index in [2.05, 4.69) is 0 Å². The lowest BCUT2D eigenvalue weighted by molar-refractivity contribution is -0.138. The summed E-state index contributed by atoms with van der Waals surface area (Å²) in [6.45, 7) is 2.35. The Morgan fingerprint density at radius 2 is 2.10 bits per heavy atom. The van der Waals surface area contributed by atoms with Crippen LogP contribution in [0.1, 0.15) is 31.7 Å². The Bertz CT molecular complexity index is 502. The van der Waals surface area contributed by atoms with E-state index < -0.39 is 11.7 Å². The number of hydrogen-bond donors (Lipinski definition) is 0. The van der Waals surface area contributed by atoms with Gasteiger partial charge in [-0.25, -0.2) is 0 Å². The zero-order valence-corrected chi connectivity index (χ0v) is 12.6. The van der Waals surface area contributed by atoms with Gasteiger partial charge in [-0.1, -0.05) is 19.8 Å². The van der Waals surface area contributed by atoms with Crippen LogP contribution in [0, 0.1) is 0 Å². The van der Waals surface area contributed by atoms with Crippen molar-refractivity contribution in [1.82, 2.24) is 0 Å². The number of alkyl halides is 3. The minimum absolute atomic E-state index is 0.0850. The highest BCUT2D eigenvalue weighted by molar-refractivity contribution is 8.02. The van der Waals surface area contributed by atoms with E-state index in [1.807, 2.05) is 12.3 Å². The second-order valence-corrected chi connectivity index (χ2v) is 5.65. The van der Waals surface area contributed by atoms with Gasteiger partial charge in [-0.05, 0) is 30.0 Å².